The number of aryl methyl sites for hydroxylation is 2. The van der Waals surface area contributed by atoms with Gasteiger partial charge in [0.05, 0.1) is 12.4 Å². The second-order valence-electron chi connectivity index (χ2n) is 5.28. The van der Waals surface area contributed by atoms with Crippen LogP contribution in [0.4, 0.5) is 0 Å². The summed E-state index contributed by atoms with van der Waals surface area (Å²) in [5, 5.41) is 15.4. The highest BCUT2D eigenvalue weighted by Gasteiger charge is 1.97. The molecule has 2 rings (SSSR count). The van der Waals surface area contributed by atoms with Gasteiger partial charge in [-0.3, -0.25) is 0 Å². The summed E-state index contributed by atoms with van der Waals surface area (Å²) in [6, 6.07) is 15.7. The molecular formula is C18H20N6. The van der Waals surface area contributed by atoms with Crippen LogP contribution in [0.25, 0.3) is 0 Å². The van der Waals surface area contributed by atoms with Gasteiger partial charge in [-0.15, -0.1) is 10.2 Å². The number of nitrogens with zero attached hydrogens (tertiary/aromatic N) is 4. The van der Waals surface area contributed by atoms with Crippen molar-refractivity contribution in [3.05, 3.63) is 70.8 Å². The predicted molar refractivity (Wildman–Crippen MR) is 101 cm³/mol. The number of benzene rings is 2. The van der Waals surface area contributed by atoms with E-state index in [9.17, 15) is 0 Å². The Hall–Kier alpha value is -3.28. The van der Waals surface area contributed by atoms with E-state index in [1.54, 1.807) is 12.4 Å². The lowest BCUT2D eigenvalue weighted by molar-refractivity contribution is 1.21. The first-order valence-corrected chi connectivity index (χ1v) is 7.41. The second kappa shape index (κ2) is 8.38. The number of hydrogen-bond acceptors (Lipinski definition) is 4. The third-order valence-corrected chi connectivity index (χ3v) is 3.16. The Labute approximate surface area is 141 Å². The van der Waals surface area contributed by atoms with Crippen molar-refractivity contribution >= 4 is 24.1 Å². The van der Waals surface area contributed by atoms with E-state index in [2.05, 4.69) is 20.4 Å². The molecule has 0 aliphatic carbocycles. The molecule has 0 aromatic heterocycles. The molecule has 6 nitrogen and oxygen atoms in total. The molecule has 0 radical (unpaired) electrons. The molecule has 0 saturated carbocycles. The van der Waals surface area contributed by atoms with Crippen LogP contribution in [0.2, 0.25) is 0 Å². The van der Waals surface area contributed by atoms with Crippen LogP contribution >= 0.6 is 0 Å². The summed E-state index contributed by atoms with van der Waals surface area (Å²) in [5.41, 5.74) is 15.6. The Morgan fingerprint density at radius 3 is 1.33 bits per heavy atom. The van der Waals surface area contributed by atoms with E-state index < -0.39 is 0 Å². The van der Waals surface area contributed by atoms with Crippen molar-refractivity contribution in [1.29, 1.82) is 0 Å². The van der Waals surface area contributed by atoms with Crippen molar-refractivity contribution in [3.63, 3.8) is 0 Å². The zero-order valence-corrected chi connectivity index (χ0v) is 13.7. The fourth-order valence-electron chi connectivity index (χ4n) is 1.72. The molecule has 0 fully saturated rings. The second-order valence-corrected chi connectivity index (χ2v) is 5.28. The van der Waals surface area contributed by atoms with Gasteiger partial charge in [0.1, 0.15) is 0 Å². The molecule has 0 aliphatic rings. The lowest BCUT2D eigenvalue weighted by Gasteiger charge is -1.95. The van der Waals surface area contributed by atoms with Crippen molar-refractivity contribution in [2.24, 2.45) is 31.9 Å². The summed E-state index contributed by atoms with van der Waals surface area (Å²) in [7, 11) is 0. The Morgan fingerprint density at radius 2 is 1.00 bits per heavy atom. The van der Waals surface area contributed by atoms with Gasteiger partial charge in [0.25, 0.3) is 0 Å². The van der Waals surface area contributed by atoms with E-state index in [4.69, 9.17) is 11.5 Å². The maximum Gasteiger partial charge on any atom is 0.190 e. The van der Waals surface area contributed by atoms with Gasteiger partial charge in [-0.05, 0) is 25.0 Å². The van der Waals surface area contributed by atoms with Crippen molar-refractivity contribution in [1.82, 2.24) is 0 Å². The highest BCUT2D eigenvalue weighted by atomic mass is 15.3. The predicted octanol–water partition coefficient (Wildman–Crippen LogP) is 2.39. The molecule has 0 aliphatic heterocycles. The summed E-state index contributed by atoms with van der Waals surface area (Å²) in [6.07, 6.45) is 3.18. The molecule has 0 saturated heterocycles. The average molecular weight is 320 g/mol. The lowest BCUT2D eigenvalue weighted by Crippen LogP contribution is -2.30. The van der Waals surface area contributed by atoms with Gasteiger partial charge in [-0.2, -0.15) is 10.2 Å². The Morgan fingerprint density at radius 1 is 0.667 bits per heavy atom. The van der Waals surface area contributed by atoms with Crippen LogP contribution in [-0.4, -0.2) is 24.1 Å². The molecule has 0 bridgehead atoms. The van der Waals surface area contributed by atoms with Crippen LogP contribution in [0, 0.1) is 13.8 Å². The normalized spacial score (nSPS) is 13.1. The van der Waals surface area contributed by atoms with Gasteiger partial charge in [0.15, 0.2) is 11.7 Å². The summed E-state index contributed by atoms with van der Waals surface area (Å²) in [5.74, 6) is 0.0267. The average Bonchev–Trinajstić information content (AvgIpc) is 2.58. The van der Waals surface area contributed by atoms with E-state index in [1.807, 2.05) is 62.4 Å². The van der Waals surface area contributed by atoms with E-state index in [-0.39, 0.29) is 11.7 Å². The molecule has 4 N–H and O–H groups in total. The standard InChI is InChI=1S/C18H20N6/c1-13-3-7-15(8-4-13)11-21-23-17(19)18(20)24-22-12-16-9-5-14(2)6-10-16/h3-12H,1-2H3,(H2,19,23)(H2,20,24). The maximum atomic E-state index is 5.71. The number of hydrogen-bond donors (Lipinski definition) is 2. The lowest BCUT2D eigenvalue weighted by atomic mass is 10.2. The van der Waals surface area contributed by atoms with Gasteiger partial charge in [-0.1, -0.05) is 59.7 Å². The molecule has 2 aromatic carbocycles. The van der Waals surface area contributed by atoms with E-state index in [0.717, 1.165) is 11.1 Å². The van der Waals surface area contributed by atoms with Crippen LogP contribution in [0.15, 0.2) is 68.9 Å². The first kappa shape index (κ1) is 17.1. The van der Waals surface area contributed by atoms with Crippen LogP contribution in [0.1, 0.15) is 22.3 Å². The summed E-state index contributed by atoms with van der Waals surface area (Å²) >= 11 is 0. The largest absolute Gasteiger partial charge is 0.379 e. The SMILES string of the molecule is Cc1ccc(C=NN=C(N)C(N)=NN=Cc2ccc(C)cc2)cc1. The zero-order chi connectivity index (χ0) is 17.4. The third kappa shape index (κ3) is 5.49. The van der Waals surface area contributed by atoms with E-state index in [1.165, 1.54) is 11.1 Å². The van der Waals surface area contributed by atoms with Crippen LogP contribution in [0.5, 0.6) is 0 Å². The van der Waals surface area contributed by atoms with Gasteiger partial charge in [0.2, 0.25) is 0 Å². The van der Waals surface area contributed by atoms with Gasteiger partial charge in [-0.25, -0.2) is 0 Å². The minimum Gasteiger partial charge on any atom is -0.379 e. The summed E-state index contributed by atoms with van der Waals surface area (Å²) in [4.78, 5) is 0. The molecule has 6 heteroatoms. The van der Waals surface area contributed by atoms with E-state index >= 15 is 0 Å². The molecule has 0 spiro atoms. The first-order valence-electron chi connectivity index (χ1n) is 7.41. The number of amidine groups is 2. The quantitative estimate of drug-likeness (QED) is 0.513. The fraction of sp³-hybridized carbons (Fsp3) is 0.111. The number of nitrogens with two attached hydrogens (primary N) is 2. The van der Waals surface area contributed by atoms with Crippen molar-refractivity contribution < 1.29 is 0 Å². The zero-order valence-electron chi connectivity index (χ0n) is 13.7. The summed E-state index contributed by atoms with van der Waals surface area (Å²) in [6.45, 7) is 4.04. The number of rotatable bonds is 4. The molecule has 0 atom stereocenters. The molecule has 0 amide bonds. The maximum absolute atomic E-state index is 5.71. The van der Waals surface area contributed by atoms with Crippen LogP contribution < -0.4 is 11.5 Å². The van der Waals surface area contributed by atoms with E-state index in [0.29, 0.717) is 0 Å². The molecule has 0 heterocycles. The molecular weight excluding hydrogens is 300 g/mol. The highest BCUT2D eigenvalue weighted by molar-refractivity contribution is 6.39. The smallest absolute Gasteiger partial charge is 0.190 e. The fourth-order valence-corrected chi connectivity index (χ4v) is 1.72. The molecule has 0 unspecified atom stereocenters. The van der Waals surface area contributed by atoms with Gasteiger partial charge >= 0.3 is 0 Å². The summed E-state index contributed by atoms with van der Waals surface area (Å²) < 4.78 is 0. The molecule has 2 aromatic rings. The van der Waals surface area contributed by atoms with Crippen LogP contribution in [0.3, 0.4) is 0 Å². The molecule has 24 heavy (non-hydrogen) atoms. The first-order chi connectivity index (χ1) is 11.5. The third-order valence-electron chi connectivity index (χ3n) is 3.16. The van der Waals surface area contributed by atoms with Gasteiger partial charge in [0, 0.05) is 0 Å². The Kier molecular flexibility index (Phi) is 5.96. The molecule has 122 valence electrons. The van der Waals surface area contributed by atoms with Crippen LogP contribution in [-0.2, 0) is 0 Å². The van der Waals surface area contributed by atoms with Crippen molar-refractivity contribution in [2.45, 2.75) is 13.8 Å². The Bertz CT molecular complexity index is 714. The Balaban J connectivity index is 1.98. The highest BCUT2D eigenvalue weighted by Crippen LogP contribution is 2.01. The van der Waals surface area contributed by atoms with Gasteiger partial charge < -0.3 is 11.5 Å². The topological polar surface area (TPSA) is 101 Å². The van der Waals surface area contributed by atoms with Crippen molar-refractivity contribution in [2.75, 3.05) is 0 Å². The minimum atomic E-state index is 0.0133. The minimum absolute atomic E-state index is 0.0133. The van der Waals surface area contributed by atoms with Crippen molar-refractivity contribution in [3.8, 4) is 0 Å². The monoisotopic (exact) mass is 320 g/mol.